The maximum absolute atomic E-state index is 12.2. The third-order valence-electron chi connectivity index (χ3n) is 3.04. The van der Waals surface area contributed by atoms with Crippen LogP contribution in [0, 0.1) is 0 Å². The van der Waals surface area contributed by atoms with E-state index in [2.05, 4.69) is 0 Å². The third kappa shape index (κ3) is 2.04. The lowest BCUT2D eigenvalue weighted by Gasteiger charge is -2.11. The van der Waals surface area contributed by atoms with Crippen LogP contribution in [-0.4, -0.2) is 13.7 Å². The molecule has 0 spiro atoms. The Hall–Kier alpha value is -0.740. The molecule has 0 amide bonds. The topological polar surface area (TPSA) is 60.2 Å². The van der Waals surface area contributed by atoms with Crippen molar-refractivity contribution in [3.05, 3.63) is 23.2 Å². The number of hydrogen-bond acceptors (Lipinski definition) is 3. The summed E-state index contributed by atoms with van der Waals surface area (Å²) < 4.78 is 24.4. The van der Waals surface area contributed by atoms with E-state index in [1.807, 2.05) is 0 Å². The van der Waals surface area contributed by atoms with E-state index in [1.54, 1.807) is 6.07 Å². The molecule has 1 aliphatic rings. The maximum Gasteiger partial charge on any atom is 0.181 e. The molecule has 0 atom stereocenters. The van der Waals surface area contributed by atoms with Crippen LogP contribution in [0.4, 0.5) is 5.69 Å². The summed E-state index contributed by atoms with van der Waals surface area (Å²) in [5, 5.41) is 0.0614. The highest BCUT2D eigenvalue weighted by molar-refractivity contribution is 7.92. The number of benzene rings is 1. The largest absolute Gasteiger partial charge is 0.398 e. The molecule has 1 aromatic carbocycles. The highest BCUT2D eigenvalue weighted by Crippen LogP contribution is 2.31. The summed E-state index contributed by atoms with van der Waals surface area (Å²) in [7, 11) is -3.22. The minimum atomic E-state index is -3.22. The van der Waals surface area contributed by atoms with E-state index in [9.17, 15) is 8.42 Å². The predicted octanol–water partition coefficient (Wildman–Crippen LogP) is 2.64. The zero-order chi connectivity index (χ0) is 11.8. The molecule has 0 saturated heterocycles. The van der Waals surface area contributed by atoms with Gasteiger partial charge in [0.1, 0.15) is 0 Å². The fourth-order valence-corrected chi connectivity index (χ4v) is 4.20. The Morgan fingerprint density at radius 3 is 2.44 bits per heavy atom. The number of nitrogens with two attached hydrogens (primary N) is 1. The number of rotatable bonds is 2. The molecule has 5 heteroatoms. The van der Waals surface area contributed by atoms with E-state index in [-0.39, 0.29) is 5.25 Å². The van der Waals surface area contributed by atoms with Gasteiger partial charge in [-0.3, -0.25) is 0 Å². The second-order valence-electron chi connectivity index (χ2n) is 4.13. The van der Waals surface area contributed by atoms with Crippen molar-refractivity contribution in [1.29, 1.82) is 0 Å². The molecule has 0 bridgehead atoms. The van der Waals surface area contributed by atoms with Crippen LogP contribution in [0.25, 0.3) is 0 Å². The van der Waals surface area contributed by atoms with Gasteiger partial charge in [-0.25, -0.2) is 8.42 Å². The first kappa shape index (κ1) is 11.7. The predicted molar refractivity (Wildman–Crippen MR) is 65.3 cm³/mol. The summed E-state index contributed by atoms with van der Waals surface area (Å²) in [4.78, 5) is 0.290. The van der Waals surface area contributed by atoms with E-state index in [0.717, 1.165) is 25.7 Å². The minimum Gasteiger partial charge on any atom is -0.398 e. The molecule has 0 aliphatic heterocycles. The second kappa shape index (κ2) is 4.26. The van der Waals surface area contributed by atoms with Gasteiger partial charge < -0.3 is 5.73 Å². The molecule has 3 nitrogen and oxygen atoms in total. The van der Waals surface area contributed by atoms with Crippen molar-refractivity contribution in [2.45, 2.75) is 35.8 Å². The number of sulfone groups is 1. The van der Waals surface area contributed by atoms with E-state index in [1.165, 1.54) is 12.1 Å². The highest BCUT2D eigenvalue weighted by Gasteiger charge is 2.30. The number of halogens is 1. The molecule has 1 fully saturated rings. The van der Waals surface area contributed by atoms with Crippen LogP contribution in [0.15, 0.2) is 23.1 Å². The molecule has 2 rings (SSSR count). The molecule has 1 aromatic rings. The summed E-state index contributed by atoms with van der Waals surface area (Å²) in [6.07, 6.45) is 3.49. The molecule has 88 valence electrons. The van der Waals surface area contributed by atoms with Crippen LogP contribution < -0.4 is 5.73 Å². The Morgan fingerprint density at radius 1 is 1.25 bits per heavy atom. The van der Waals surface area contributed by atoms with E-state index in [0.29, 0.717) is 15.6 Å². The highest BCUT2D eigenvalue weighted by atomic mass is 35.5. The smallest absolute Gasteiger partial charge is 0.181 e. The molecule has 1 saturated carbocycles. The number of anilines is 1. The number of nitrogen functional groups attached to an aromatic ring is 1. The summed E-state index contributed by atoms with van der Waals surface area (Å²) in [5.74, 6) is 0. The zero-order valence-electron chi connectivity index (χ0n) is 8.82. The van der Waals surface area contributed by atoms with Gasteiger partial charge in [0.25, 0.3) is 0 Å². The summed E-state index contributed by atoms with van der Waals surface area (Å²) >= 11 is 5.84. The Morgan fingerprint density at radius 2 is 1.88 bits per heavy atom. The van der Waals surface area contributed by atoms with Crippen molar-refractivity contribution in [2.24, 2.45) is 0 Å². The molecule has 0 radical (unpaired) electrons. The van der Waals surface area contributed by atoms with Gasteiger partial charge in [0.05, 0.1) is 20.9 Å². The van der Waals surface area contributed by atoms with Gasteiger partial charge in [-0.2, -0.15) is 0 Å². The van der Waals surface area contributed by atoms with Crippen molar-refractivity contribution in [3.8, 4) is 0 Å². The Bertz CT molecular complexity index is 493. The standard InChI is InChI=1S/C11H14ClNO2S/c12-10-7-9(5-6-11(10)13)16(14,15)8-3-1-2-4-8/h5-8H,1-4,13H2. The molecule has 16 heavy (non-hydrogen) atoms. The van der Waals surface area contributed by atoms with Crippen LogP contribution in [-0.2, 0) is 9.84 Å². The first-order valence-electron chi connectivity index (χ1n) is 5.31. The average molecular weight is 260 g/mol. The van der Waals surface area contributed by atoms with Gasteiger partial charge in [0.2, 0.25) is 0 Å². The van der Waals surface area contributed by atoms with E-state index >= 15 is 0 Å². The molecule has 2 N–H and O–H groups in total. The lowest BCUT2D eigenvalue weighted by molar-refractivity contribution is 0.579. The van der Waals surface area contributed by atoms with Crippen molar-refractivity contribution in [2.75, 3.05) is 5.73 Å². The number of hydrogen-bond donors (Lipinski definition) is 1. The quantitative estimate of drug-likeness (QED) is 0.831. The van der Waals surface area contributed by atoms with Gasteiger partial charge in [0, 0.05) is 0 Å². The molecule has 0 aromatic heterocycles. The Kier molecular flexibility index (Phi) is 3.13. The summed E-state index contributed by atoms with van der Waals surface area (Å²) in [6.45, 7) is 0. The minimum absolute atomic E-state index is 0.243. The van der Waals surface area contributed by atoms with Crippen molar-refractivity contribution in [3.63, 3.8) is 0 Å². The Balaban J connectivity index is 2.39. The average Bonchev–Trinajstić information content (AvgIpc) is 2.75. The Labute approximate surface area is 101 Å². The van der Waals surface area contributed by atoms with E-state index in [4.69, 9.17) is 17.3 Å². The normalized spacial score (nSPS) is 17.8. The molecular formula is C11H14ClNO2S. The fraction of sp³-hybridized carbons (Fsp3) is 0.455. The summed E-state index contributed by atoms with van der Waals surface area (Å²) in [5.41, 5.74) is 5.97. The van der Waals surface area contributed by atoms with Crippen LogP contribution in [0.1, 0.15) is 25.7 Å². The second-order valence-corrected chi connectivity index (χ2v) is 6.77. The lowest BCUT2D eigenvalue weighted by atomic mass is 10.3. The summed E-state index contributed by atoms with van der Waals surface area (Å²) in [6, 6.07) is 4.53. The van der Waals surface area contributed by atoms with Crippen LogP contribution in [0.3, 0.4) is 0 Å². The SMILES string of the molecule is Nc1ccc(S(=O)(=O)C2CCCC2)cc1Cl. The van der Waals surface area contributed by atoms with Gasteiger partial charge in [0.15, 0.2) is 9.84 Å². The van der Waals surface area contributed by atoms with Crippen LogP contribution in [0.5, 0.6) is 0 Å². The van der Waals surface area contributed by atoms with Crippen molar-refractivity contribution < 1.29 is 8.42 Å². The van der Waals surface area contributed by atoms with E-state index < -0.39 is 9.84 Å². The molecule has 0 heterocycles. The third-order valence-corrected chi connectivity index (χ3v) is 5.63. The van der Waals surface area contributed by atoms with Crippen LogP contribution in [0.2, 0.25) is 5.02 Å². The van der Waals surface area contributed by atoms with Crippen LogP contribution >= 0.6 is 11.6 Å². The first-order chi connectivity index (χ1) is 7.51. The van der Waals surface area contributed by atoms with Gasteiger partial charge >= 0.3 is 0 Å². The molecule has 0 unspecified atom stereocenters. The zero-order valence-corrected chi connectivity index (χ0v) is 10.4. The molecule has 1 aliphatic carbocycles. The van der Waals surface area contributed by atoms with Gasteiger partial charge in [-0.15, -0.1) is 0 Å². The van der Waals surface area contributed by atoms with Gasteiger partial charge in [-0.1, -0.05) is 24.4 Å². The molecular weight excluding hydrogens is 246 g/mol. The van der Waals surface area contributed by atoms with Crippen molar-refractivity contribution >= 4 is 27.1 Å². The first-order valence-corrected chi connectivity index (χ1v) is 7.23. The van der Waals surface area contributed by atoms with Gasteiger partial charge in [-0.05, 0) is 31.0 Å². The van der Waals surface area contributed by atoms with Crippen molar-refractivity contribution in [1.82, 2.24) is 0 Å². The lowest BCUT2D eigenvalue weighted by Crippen LogP contribution is -2.17. The maximum atomic E-state index is 12.2. The fourth-order valence-electron chi connectivity index (χ4n) is 2.08. The monoisotopic (exact) mass is 259 g/mol.